The molecule has 0 aliphatic rings. The highest BCUT2D eigenvalue weighted by atomic mass is 127. The van der Waals surface area contributed by atoms with E-state index in [1.807, 2.05) is 0 Å². The Morgan fingerprint density at radius 1 is 1.45 bits per heavy atom. The summed E-state index contributed by atoms with van der Waals surface area (Å²) in [5.74, 6) is 0. The van der Waals surface area contributed by atoms with Gasteiger partial charge >= 0.3 is 0 Å². The van der Waals surface area contributed by atoms with Gasteiger partial charge in [0, 0.05) is 8.45 Å². The summed E-state index contributed by atoms with van der Waals surface area (Å²) in [6, 6.07) is 1.59. The van der Waals surface area contributed by atoms with Crippen LogP contribution in [0, 0.1) is 8.70 Å². The van der Waals surface area contributed by atoms with Gasteiger partial charge in [-0.25, -0.2) is 0 Å². The number of hydrogen-bond donors (Lipinski definition) is 0. The summed E-state index contributed by atoms with van der Waals surface area (Å²) in [5, 5.41) is -0.0840. The monoisotopic (exact) mass is 284 g/mol. The quantitative estimate of drug-likeness (QED) is 0.636. The van der Waals surface area contributed by atoms with Crippen LogP contribution in [0.1, 0.15) is 25.6 Å². The van der Waals surface area contributed by atoms with Gasteiger partial charge in [-0.1, -0.05) is 20.8 Å². The van der Waals surface area contributed by atoms with Gasteiger partial charge in [-0.15, -0.1) is 11.3 Å². The van der Waals surface area contributed by atoms with Crippen molar-refractivity contribution >= 4 is 33.9 Å². The molecule has 0 radical (unpaired) electrons. The molecule has 0 aliphatic heterocycles. The van der Waals surface area contributed by atoms with Crippen LogP contribution in [0.15, 0.2) is 6.07 Å². The van der Waals surface area contributed by atoms with Crippen molar-refractivity contribution < 1.29 is 4.39 Å². The Hall–Kier alpha value is 0.360. The highest BCUT2D eigenvalue weighted by molar-refractivity contribution is 14.1. The average Bonchev–Trinajstić information content (AvgIpc) is 2.08. The van der Waals surface area contributed by atoms with Crippen molar-refractivity contribution in [2.75, 3.05) is 0 Å². The van der Waals surface area contributed by atoms with Crippen LogP contribution >= 0.6 is 33.9 Å². The van der Waals surface area contributed by atoms with Gasteiger partial charge in [-0.3, -0.25) is 0 Å². The van der Waals surface area contributed by atoms with Gasteiger partial charge < -0.3 is 0 Å². The fourth-order valence-electron chi connectivity index (χ4n) is 0.852. The van der Waals surface area contributed by atoms with E-state index in [1.54, 1.807) is 6.07 Å². The molecule has 0 amide bonds. The molecule has 0 spiro atoms. The zero-order valence-electron chi connectivity index (χ0n) is 6.74. The molecule has 1 aromatic rings. The third kappa shape index (κ3) is 2.15. The summed E-state index contributed by atoms with van der Waals surface area (Å²) in [6.07, 6.45) is 0. The molecule has 0 bridgehead atoms. The summed E-state index contributed by atoms with van der Waals surface area (Å²) >= 11 is 3.42. The smallest absolute Gasteiger partial charge is 0.177 e. The Morgan fingerprint density at radius 2 is 2.00 bits per heavy atom. The van der Waals surface area contributed by atoms with Crippen molar-refractivity contribution in [3.05, 3.63) is 19.6 Å². The lowest BCUT2D eigenvalue weighted by Crippen LogP contribution is -2.09. The minimum absolute atomic E-state index is 0.0749. The van der Waals surface area contributed by atoms with E-state index in [1.165, 1.54) is 11.3 Å². The SMILES string of the molecule is CC(C)(C)c1sc(F)cc1I. The minimum atomic E-state index is -0.0840. The van der Waals surface area contributed by atoms with Crippen LogP contribution in [0.2, 0.25) is 0 Å². The van der Waals surface area contributed by atoms with E-state index < -0.39 is 0 Å². The first-order chi connectivity index (χ1) is 4.91. The summed E-state index contributed by atoms with van der Waals surface area (Å²) in [6.45, 7) is 6.29. The molecular weight excluding hydrogens is 274 g/mol. The molecule has 0 saturated heterocycles. The van der Waals surface area contributed by atoms with Crippen LogP contribution in [0.3, 0.4) is 0 Å². The zero-order chi connectivity index (χ0) is 8.65. The molecule has 0 nitrogen and oxygen atoms in total. The maximum atomic E-state index is 12.7. The molecule has 1 heterocycles. The third-order valence-electron chi connectivity index (χ3n) is 1.34. The van der Waals surface area contributed by atoms with Crippen molar-refractivity contribution in [2.24, 2.45) is 0 Å². The van der Waals surface area contributed by atoms with Crippen molar-refractivity contribution in [3.8, 4) is 0 Å². The van der Waals surface area contributed by atoms with E-state index in [2.05, 4.69) is 43.4 Å². The number of halogens is 2. The number of hydrogen-bond acceptors (Lipinski definition) is 1. The Kier molecular flexibility index (Phi) is 2.59. The molecule has 0 fully saturated rings. The molecular formula is C8H10FIS. The number of thiophene rings is 1. The second kappa shape index (κ2) is 3.01. The van der Waals surface area contributed by atoms with Crippen molar-refractivity contribution in [1.82, 2.24) is 0 Å². The molecule has 0 N–H and O–H groups in total. The molecule has 62 valence electrons. The molecule has 0 atom stereocenters. The first-order valence-corrected chi connectivity index (χ1v) is 5.26. The van der Waals surface area contributed by atoms with Crippen LogP contribution in [0.4, 0.5) is 4.39 Å². The van der Waals surface area contributed by atoms with E-state index in [4.69, 9.17) is 0 Å². The van der Waals surface area contributed by atoms with E-state index in [-0.39, 0.29) is 10.5 Å². The van der Waals surface area contributed by atoms with E-state index in [0.717, 1.165) is 8.45 Å². The van der Waals surface area contributed by atoms with Gasteiger partial charge in [-0.05, 0) is 34.1 Å². The molecule has 11 heavy (non-hydrogen) atoms. The molecule has 1 rings (SSSR count). The largest absolute Gasteiger partial charge is 0.195 e. The second-order valence-corrected chi connectivity index (χ2v) is 5.64. The highest BCUT2D eigenvalue weighted by Gasteiger charge is 2.20. The summed E-state index contributed by atoms with van der Waals surface area (Å²) < 4.78 is 13.8. The number of rotatable bonds is 0. The Bertz CT molecular complexity index is 260. The van der Waals surface area contributed by atoms with Gasteiger partial charge in [0.2, 0.25) is 0 Å². The lowest BCUT2D eigenvalue weighted by Gasteiger charge is -2.16. The minimum Gasteiger partial charge on any atom is -0.195 e. The lowest BCUT2D eigenvalue weighted by molar-refractivity contribution is 0.601. The molecule has 0 saturated carbocycles. The third-order valence-corrected chi connectivity index (χ3v) is 3.90. The predicted molar refractivity (Wildman–Crippen MR) is 55.7 cm³/mol. The molecule has 1 aromatic heterocycles. The molecule has 0 aliphatic carbocycles. The van der Waals surface area contributed by atoms with Gasteiger partial charge in [-0.2, -0.15) is 4.39 Å². The Labute approximate surface area is 84.0 Å². The van der Waals surface area contributed by atoms with E-state index in [9.17, 15) is 4.39 Å². The van der Waals surface area contributed by atoms with Crippen molar-refractivity contribution in [2.45, 2.75) is 26.2 Å². The lowest BCUT2D eigenvalue weighted by atomic mass is 9.95. The normalized spacial score (nSPS) is 12.1. The topological polar surface area (TPSA) is 0 Å². The summed E-state index contributed by atoms with van der Waals surface area (Å²) in [7, 11) is 0. The molecule has 0 unspecified atom stereocenters. The van der Waals surface area contributed by atoms with Crippen molar-refractivity contribution in [3.63, 3.8) is 0 Å². The highest BCUT2D eigenvalue weighted by Crippen LogP contribution is 2.33. The van der Waals surface area contributed by atoms with Crippen LogP contribution in [0.25, 0.3) is 0 Å². The molecule has 3 heteroatoms. The zero-order valence-corrected chi connectivity index (χ0v) is 9.72. The Morgan fingerprint density at radius 3 is 2.18 bits per heavy atom. The first-order valence-electron chi connectivity index (χ1n) is 3.36. The standard InChI is InChI=1S/C8H10FIS/c1-8(2,3)7-5(10)4-6(9)11-7/h4H,1-3H3. The van der Waals surface area contributed by atoms with Gasteiger partial charge in [0.15, 0.2) is 5.13 Å². The van der Waals surface area contributed by atoms with Crippen LogP contribution < -0.4 is 0 Å². The predicted octanol–water partition coefficient (Wildman–Crippen LogP) is 3.79. The summed E-state index contributed by atoms with van der Waals surface area (Å²) in [4.78, 5) is 1.13. The Balaban J connectivity index is 3.13. The van der Waals surface area contributed by atoms with Gasteiger partial charge in [0.25, 0.3) is 0 Å². The van der Waals surface area contributed by atoms with Gasteiger partial charge in [0.05, 0.1) is 0 Å². The summed E-state index contributed by atoms with van der Waals surface area (Å²) in [5.41, 5.74) is 0.0749. The van der Waals surface area contributed by atoms with Gasteiger partial charge in [0.1, 0.15) is 0 Å². The van der Waals surface area contributed by atoms with Crippen LogP contribution in [-0.2, 0) is 5.41 Å². The van der Waals surface area contributed by atoms with Crippen LogP contribution in [0.5, 0.6) is 0 Å². The first kappa shape index (κ1) is 9.45. The average molecular weight is 284 g/mol. The fourth-order valence-corrected chi connectivity index (χ4v) is 3.31. The second-order valence-electron chi connectivity index (χ2n) is 3.48. The van der Waals surface area contributed by atoms with E-state index >= 15 is 0 Å². The fraction of sp³-hybridized carbons (Fsp3) is 0.500. The maximum Gasteiger partial charge on any atom is 0.177 e. The van der Waals surface area contributed by atoms with E-state index in [0.29, 0.717) is 0 Å². The maximum absolute atomic E-state index is 12.7. The molecule has 0 aromatic carbocycles. The van der Waals surface area contributed by atoms with Crippen molar-refractivity contribution in [1.29, 1.82) is 0 Å². The van der Waals surface area contributed by atoms with Crippen LogP contribution in [-0.4, -0.2) is 0 Å².